The van der Waals surface area contributed by atoms with Gasteiger partial charge in [-0.05, 0) is 24.1 Å². The van der Waals surface area contributed by atoms with Gasteiger partial charge in [0.1, 0.15) is 5.82 Å². The van der Waals surface area contributed by atoms with Gasteiger partial charge in [-0.15, -0.1) is 0 Å². The van der Waals surface area contributed by atoms with E-state index in [9.17, 15) is 14.0 Å². The number of aryl methyl sites for hydroxylation is 1. The minimum Gasteiger partial charge on any atom is -0.398 e. The lowest BCUT2D eigenvalue weighted by atomic mass is 10.1. The van der Waals surface area contributed by atoms with E-state index in [2.05, 4.69) is 4.98 Å². The zero-order valence-corrected chi connectivity index (χ0v) is 10.4. The number of nitrogens with one attached hydrogen (secondary N) is 1. The second-order valence-corrected chi connectivity index (χ2v) is 4.24. The van der Waals surface area contributed by atoms with Gasteiger partial charge in [0.2, 0.25) is 0 Å². The molecule has 0 amide bonds. The highest BCUT2D eigenvalue weighted by molar-refractivity contribution is 5.46. The molecule has 1 aromatic carbocycles. The first-order chi connectivity index (χ1) is 9.01. The molecule has 1 heterocycles. The van der Waals surface area contributed by atoms with Crippen LogP contribution in [-0.4, -0.2) is 9.55 Å². The van der Waals surface area contributed by atoms with Gasteiger partial charge in [-0.2, -0.15) is 0 Å². The summed E-state index contributed by atoms with van der Waals surface area (Å²) in [5.41, 5.74) is 6.22. The summed E-state index contributed by atoms with van der Waals surface area (Å²) < 4.78 is 14.3. The standard InChI is InChI=1S/C13H14FN3O2/c1-2-8-6-17(13(19)16-12(8)18)7-9-3-4-10(14)5-11(9)15/h3-6H,2,7,15H2,1H3,(H,16,18,19). The minimum atomic E-state index is -0.508. The fourth-order valence-electron chi connectivity index (χ4n) is 1.82. The van der Waals surface area contributed by atoms with E-state index in [1.165, 1.54) is 29.0 Å². The molecule has 0 saturated carbocycles. The summed E-state index contributed by atoms with van der Waals surface area (Å²) in [5.74, 6) is -0.427. The molecule has 0 saturated heterocycles. The van der Waals surface area contributed by atoms with Crippen molar-refractivity contribution in [3.05, 3.63) is 62.2 Å². The van der Waals surface area contributed by atoms with Gasteiger partial charge in [-0.25, -0.2) is 9.18 Å². The maximum absolute atomic E-state index is 12.9. The zero-order valence-electron chi connectivity index (χ0n) is 10.4. The molecule has 1 aromatic heterocycles. The van der Waals surface area contributed by atoms with E-state index in [0.717, 1.165) is 0 Å². The zero-order chi connectivity index (χ0) is 14.0. The molecular formula is C13H14FN3O2. The monoisotopic (exact) mass is 263 g/mol. The number of rotatable bonds is 3. The lowest BCUT2D eigenvalue weighted by Crippen LogP contribution is -2.32. The summed E-state index contributed by atoms with van der Waals surface area (Å²) in [5, 5.41) is 0. The van der Waals surface area contributed by atoms with Crippen molar-refractivity contribution in [2.24, 2.45) is 0 Å². The highest BCUT2D eigenvalue weighted by Gasteiger charge is 2.06. The van der Waals surface area contributed by atoms with Gasteiger partial charge in [0, 0.05) is 17.4 Å². The number of hydrogen-bond donors (Lipinski definition) is 2. The Hall–Kier alpha value is -2.37. The van der Waals surface area contributed by atoms with Gasteiger partial charge < -0.3 is 5.73 Å². The third kappa shape index (κ3) is 2.73. The summed E-state index contributed by atoms with van der Waals surface area (Å²) in [6.07, 6.45) is 2.03. The van der Waals surface area contributed by atoms with Crippen LogP contribution in [0.1, 0.15) is 18.1 Å². The van der Waals surface area contributed by atoms with Crippen LogP contribution in [-0.2, 0) is 13.0 Å². The number of nitrogens with zero attached hydrogens (tertiary/aromatic N) is 1. The number of anilines is 1. The van der Waals surface area contributed by atoms with E-state index < -0.39 is 11.5 Å². The molecule has 0 atom stereocenters. The first-order valence-electron chi connectivity index (χ1n) is 5.87. The Balaban J connectivity index is 2.43. The lowest BCUT2D eigenvalue weighted by molar-refractivity contribution is 0.626. The largest absolute Gasteiger partial charge is 0.398 e. The Bertz CT molecular complexity index is 719. The Morgan fingerprint density at radius 1 is 1.32 bits per heavy atom. The fourth-order valence-corrected chi connectivity index (χ4v) is 1.82. The van der Waals surface area contributed by atoms with Crippen LogP contribution in [0.4, 0.5) is 10.1 Å². The van der Waals surface area contributed by atoms with E-state index in [0.29, 0.717) is 17.5 Å². The van der Waals surface area contributed by atoms with Crippen LogP contribution in [0.15, 0.2) is 34.0 Å². The van der Waals surface area contributed by atoms with Gasteiger partial charge in [0.25, 0.3) is 5.56 Å². The smallest absolute Gasteiger partial charge is 0.328 e. The Morgan fingerprint density at radius 3 is 2.68 bits per heavy atom. The topological polar surface area (TPSA) is 80.9 Å². The summed E-state index contributed by atoms with van der Waals surface area (Å²) in [6.45, 7) is 2.01. The van der Waals surface area contributed by atoms with Gasteiger partial charge in [0.05, 0.1) is 6.54 Å². The summed E-state index contributed by atoms with van der Waals surface area (Å²) in [7, 11) is 0. The van der Waals surface area contributed by atoms with Crippen LogP contribution in [0.5, 0.6) is 0 Å². The molecule has 0 aliphatic heterocycles. The van der Waals surface area contributed by atoms with E-state index in [1.54, 1.807) is 0 Å². The van der Waals surface area contributed by atoms with Gasteiger partial charge in [-0.1, -0.05) is 13.0 Å². The van der Waals surface area contributed by atoms with Crippen molar-refractivity contribution in [3.8, 4) is 0 Å². The van der Waals surface area contributed by atoms with E-state index >= 15 is 0 Å². The maximum atomic E-state index is 12.9. The molecule has 0 unspecified atom stereocenters. The SMILES string of the molecule is CCc1cn(Cc2ccc(F)cc2N)c(=O)[nH]c1=O. The van der Waals surface area contributed by atoms with Crippen molar-refractivity contribution in [2.75, 3.05) is 5.73 Å². The third-order valence-electron chi connectivity index (χ3n) is 2.91. The van der Waals surface area contributed by atoms with Crippen molar-refractivity contribution >= 4 is 5.69 Å². The summed E-state index contributed by atoms with van der Waals surface area (Å²) >= 11 is 0. The summed E-state index contributed by atoms with van der Waals surface area (Å²) in [6, 6.07) is 4.00. The predicted octanol–water partition coefficient (Wildman–Crippen LogP) is 0.869. The van der Waals surface area contributed by atoms with Gasteiger partial charge in [-0.3, -0.25) is 14.3 Å². The first kappa shape index (κ1) is 13.1. The fraction of sp³-hybridized carbons (Fsp3) is 0.231. The van der Waals surface area contributed by atoms with Crippen molar-refractivity contribution in [2.45, 2.75) is 19.9 Å². The normalized spacial score (nSPS) is 10.6. The van der Waals surface area contributed by atoms with Gasteiger partial charge in [0.15, 0.2) is 0 Å². The van der Waals surface area contributed by atoms with Crippen molar-refractivity contribution < 1.29 is 4.39 Å². The molecule has 0 radical (unpaired) electrons. The van der Waals surface area contributed by atoms with E-state index in [1.807, 2.05) is 6.92 Å². The van der Waals surface area contributed by atoms with Crippen LogP contribution < -0.4 is 17.0 Å². The van der Waals surface area contributed by atoms with Gasteiger partial charge >= 0.3 is 5.69 Å². The molecule has 0 aliphatic carbocycles. The molecular weight excluding hydrogens is 249 g/mol. The van der Waals surface area contributed by atoms with Crippen LogP contribution in [0.2, 0.25) is 0 Å². The number of benzene rings is 1. The molecule has 2 aromatic rings. The van der Waals surface area contributed by atoms with Crippen molar-refractivity contribution in [3.63, 3.8) is 0 Å². The second-order valence-electron chi connectivity index (χ2n) is 4.24. The van der Waals surface area contributed by atoms with Crippen molar-refractivity contribution in [1.29, 1.82) is 0 Å². The second kappa shape index (κ2) is 5.09. The van der Waals surface area contributed by atoms with Crippen LogP contribution >= 0.6 is 0 Å². The Morgan fingerprint density at radius 2 is 2.05 bits per heavy atom. The molecule has 100 valence electrons. The minimum absolute atomic E-state index is 0.189. The van der Waals surface area contributed by atoms with E-state index in [-0.39, 0.29) is 17.8 Å². The Kier molecular flexibility index (Phi) is 3.50. The lowest BCUT2D eigenvalue weighted by Gasteiger charge is -2.09. The Labute approximate surface area is 108 Å². The average molecular weight is 263 g/mol. The number of aromatic amines is 1. The molecule has 0 spiro atoms. The quantitative estimate of drug-likeness (QED) is 0.806. The van der Waals surface area contributed by atoms with Crippen LogP contribution in [0.25, 0.3) is 0 Å². The molecule has 3 N–H and O–H groups in total. The van der Waals surface area contributed by atoms with Crippen LogP contribution in [0, 0.1) is 5.82 Å². The molecule has 19 heavy (non-hydrogen) atoms. The number of aromatic nitrogens is 2. The first-order valence-corrected chi connectivity index (χ1v) is 5.87. The molecule has 6 heteroatoms. The number of hydrogen-bond acceptors (Lipinski definition) is 3. The average Bonchev–Trinajstić information content (AvgIpc) is 2.35. The third-order valence-corrected chi connectivity index (χ3v) is 2.91. The highest BCUT2D eigenvalue weighted by atomic mass is 19.1. The van der Waals surface area contributed by atoms with Crippen molar-refractivity contribution in [1.82, 2.24) is 9.55 Å². The molecule has 2 rings (SSSR count). The molecule has 0 aliphatic rings. The predicted molar refractivity (Wildman–Crippen MR) is 70.6 cm³/mol. The number of nitrogens with two attached hydrogens (primary N) is 1. The molecule has 0 fully saturated rings. The molecule has 0 bridgehead atoms. The van der Waals surface area contributed by atoms with Crippen LogP contribution in [0.3, 0.4) is 0 Å². The number of H-pyrrole nitrogens is 1. The highest BCUT2D eigenvalue weighted by Crippen LogP contribution is 2.14. The van der Waals surface area contributed by atoms with E-state index in [4.69, 9.17) is 5.73 Å². The number of nitrogen functional groups attached to an aromatic ring is 1. The molecule has 5 nitrogen and oxygen atoms in total. The summed E-state index contributed by atoms with van der Waals surface area (Å²) in [4.78, 5) is 25.4. The maximum Gasteiger partial charge on any atom is 0.328 e. The number of halogens is 1.